The molecular weight excluding hydrogens is 331 g/mol. The number of phenolic OH excluding ortho intramolecular Hbond substituents is 2. The Morgan fingerprint density at radius 3 is 1.12 bits per heavy atom. The molecule has 0 atom stereocenters. The Balaban J connectivity index is 0.000000172. The van der Waals surface area contributed by atoms with Crippen LogP contribution in [0.2, 0.25) is 0 Å². The third kappa shape index (κ3) is 5.79. The number of fused-ring (bicyclic) bond motifs is 3. The highest BCUT2D eigenvalue weighted by molar-refractivity contribution is 6.30. The standard InChI is InChI=1S/C14H10.C6H6O2.BH3O3/c1-3-7-13-11(5-1)9-10-12-6-2-4-8-14(12)13;7-5-1-2-6(8)4-3-5;2-1(3)4/h1-10H;1-4,7-8H;2-4H. The van der Waals surface area contributed by atoms with Gasteiger partial charge in [0.2, 0.25) is 0 Å². The molecule has 5 nitrogen and oxygen atoms in total. The molecule has 0 heterocycles. The van der Waals surface area contributed by atoms with Crippen LogP contribution in [-0.2, 0) is 0 Å². The van der Waals surface area contributed by atoms with Gasteiger partial charge in [0, 0.05) is 0 Å². The first-order valence-electron chi connectivity index (χ1n) is 7.86. The minimum absolute atomic E-state index is 0.169. The molecule has 0 spiro atoms. The number of hydrogen-bond acceptors (Lipinski definition) is 5. The molecule has 0 aromatic heterocycles. The second-order valence-corrected chi connectivity index (χ2v) is 5.37. The zero-order chi connectivity index (χ0) is 18.9. The Hall–Kier alpha value is -3.06. The number of benzene rings is 4. The molecule has 4 aromatic rings. The van der Waals surface area contributed by atoms with Crippen LogP contribution in [0.25, 0.3) is 21.5 Å². The molecule has 0 amide bonds. The maximum Gasteiger partial charge on any atom is 0.631 e. The summed E-state index contributed by atoms with van der Waals surface area (Å²) in [6.45, 7) is 0. The predicted octanol–water partition coefficient (Wildman–Crippen LogP) is 3.04. The van der Waals surface area contributed by atoms with Crippen LogP contribution in [0.1, 0.15) is 0 Å². The number of aromatic hydroxyl groups is 2. The second kappa shape index (κ2) is 9.43. The lowest BCUT2D eigenvalue weighted by molar-refractivity contribution is 0.278. The Bertz CT molecular complexity index is 876. The van der Waals surface area contributed by atoms with Crippen molar-refractivity contribution < 1.29 is 25.3 Å². The molecule has 0 aliphatic heterocycles. The van der Waals surface area contributed by atoms with E-state index in [0.717, 1.165) is 0 Å². The third-order valence-corrected chi connectivity index (χ3v) is 3.50. The van der Waals surface area contributed by atoms with Crippen molar-refractivity contribution in [2.24, 2.45) is 0 Å². The molecule has 4 aromatic carbocycles. The van der Waals surface area contributed by atoms with Gasteiger partial charge in [0.25, 0.3) is 0 Å². The summed E-state index contributed by atoms with van der Waals surface area (Å²) in [5.41, 5.74) is 0. The lowest BCUT2D eigenvalue weighted by Gasteiger charge is -2.02. The van der Waals surface area contributed by atoms with Gasteiger partial charge in [-0.25, -0.2) is 0 Å². The number of phenols is 2. The van der Waals surface area contributed by atoms with Crippen molar-refractivity contribution in [3.63, 3.8) is 0 Å². The van der Waals surface area contributed by atoms with E-state index in [1.807, 2.05) is 0 Å². The summed E-state index contributed by atoms with van der Waals surface area (Å²) in [7, 11) is -2.17. The summed E-state index contributed by atoms with van der Waals surface area (Å²) < 4.78 is 0. The fourth-order valence-electron chi connectivity index (χ4n) is 2.41. The van der Waals surface area contributed by atoms with Crippen molar-refractivity contribution in [1.29, 1.82) is 0 Å². The molecule has 0 fully saturated rings. The molecule has 5 N–H and O–H groups in total. The average molecular weight is 350 g/mol. The molecule has 26 heavy (non-hydrogen) atoms. The number of hydrogen-bond donors (Lipinski definition) is 5. The lowest BCUT2D eigenvalue weighted by atomic mass is 10.0. The minimum atomic E-state index is -2.17. The zero-order valence-electron chi connectivity index (χ0n) is 13.9. The average Bonchev–Trinajstić information content (AvgIpc) is 2.64. The summed E-state index contributed by atoms with van der Waals surface area (Å²) in [5.74, 6) is 0.339. The first-order valence-corrected chi connectivity index (χ1v) is 7.86. The Kier molecular flexibility index (Phi) is 6.99. The van der Waals surface area contributed by atoms with E-state index in [9.17, 15) is 0 Å². The maximum absolute atomic E-state index is 8.65. The lowest BCUT2D eigenvalue weighted by Crippen LogP contribution is -2.07. The molecular formula is C20H19BO5. The zero-order valence-corrected chi connectivity index (χ0v) is 13.9. The van der Waals surface area contributed by atoms with Crippen LogP contribution in [-0.4, -0.2) is 32.6 Å². The molecule has 0 aliphatic carbocycles. The fourth-order valence-corrected chi connectivity index (χ4v) is 2.41. The largest absolute Gasteiger partial charge is 0.631 e. The molecule has 0 unspecified atom stereocenters. The molecule has 4 rings (SSSR count). The molecule has 0 aliphatic rings. The van der Waals surface area contributed by atoms with Crippen LogP contribution >= 0.6 is 0 Å². The molecule has 0 saturated heterocycles. The van der Waals surface area contributed by atoms with Gasteiger partial charge >= 0.3 is 7.32 Å². The van der Waals surface area contributed by atoms with Gasteiger partial charge in [0.1, 0.15) is 11.5 Å². The molecule has 0 radical (unpaired) electrons. The van der Waals surface area contributed by atoms with Crippen molar-refractivity contribution in [2.45, 2.75) is 0 Å². The van der Waals surface area contributed by atoms with E-state index in [1.54, 1.807) is 0 Å². The van der Waals surface area contributed by atoms with Crippen molar-refractivity contribution in [2.75, 3.05) is 0 Å². The van der Waals surface area contributed by atoms with Crippen LogP contribution < -0.4 is 0 Å². The minimum Gasteiger partial charge on any atom is -0.508 e. The summed E-state index contributed by atoms with van der Waals surface area (Å²) in [5, 5.41) is 44.1. The van der Waals surface area contributed by atoms with E-state index in [1.165, 1.54) is 45.8 Å². The SMILES string of the molecule is OB(O)O.Oc1ccc(O)cc1.c1ccc2c(c1)ccc1ccccc12. The van der Waals surface area contributed by atoms with Crippen LogP contribution in [0.15, 0.2) is 84.9 Å². The normalized spacial score (nSPS) is 9.65. The highest BCUT2D eigenvalue weighted by Crippen LogP contribution is 2.24. The van der Waals surface area contributed by atoms with Gasteiger partial charge in [-0.15, -0.1) is 0 Å². The summed E-state index contributed by atoms with van der Waals surface area (Å²) in [4.78, 5) is 0. The topological polar surface area (TPSA) is 101 Å². The Morgan fingerprint density at radius 1 is 0.462 bits per heavy atom. The summed E-state index contributed by atoms with van der Waals surface area (Å²) in [6, 6.07) is 27.1. The van der Waals surface area contributed by atoms with E-state index >= 15 is 0 Å². The van der Waals surface area contributed by atoms with Crippen molar-refractivity contribution in [1.82, 2.24) is 0 Å². The van der Waals surface area contributed by atoms with Crippen LogP contribution in [0.5, 0.6) is 11.5 Å². The van der Waals surface area contributed by atoms with Crippen LogP contribution in [0.3, 0.4) is 0 Å². The van der Waals surface area contributed by atoms with Crippen molar-refractivity contribution >= 4 is 28.9 Å². The van der Waals surface area contributed by atoms with E-state index in [0.29, 0.717) is 0 Å². The molecule has 0 saturated carbocycles. The van der Waals surface area contributed by atoms with Gasteiger partial charge in [0.15, 0.2) is 0 Å². The van der Waals surface area contributed by atoms with E-state index in [-0.39, 0.29) is 11.5 Å². The third-order valence-electron chi connectivity index (χ3n) is 3.50. The first kappa shape index (κ1) is 19.3. The Labute approximate surface area is 151 Å². The quantitative estimate of drug-likeness (QED) is 0.191. The van der Waals surface area contributed by atoms with Gasteiger partial charge < -0.3 is 25.3 Å². The van der Waals surface area contributed by atoms with E-state index < -0.39 is 7.32 Å². The predicted molar refractivity (Wildman–Crippen MR) is 104 cm³/mol. The molecule has 132 valence electrons. The molecule has 0 bridgehead atoms. The fraction of sp³-hybridized carbons (Fsp3) is 0. The van der Waals surface area contributed by atoms with Gasteiger partial charge in [-0.2, -0.15) is 0 Å². The van der Waals surface area contributed by atoms with Crippen molar-refractivity contribution in [3.8, 4) is 11.5 Å². The van der Waals surface area contributed by atoms with Gasteiger partial charge in [0.05, 0.1) is 0 Å². The summed E-state index contributed by atoms with van der Waals surface area (Å²) in [6.07, 6.45) is 0. The number of rotatable bonds is 0. The van der Waals surface area contributed by atoms with Crippen molar-refractivity contribution in [3.05, 3.63) is 84.9 Å². The monoisotopic (exact) mass is 350 g/mol. The van der Waals surface area contributed by atoms with Crippen LogP contribution in [0.4, 0.5) is 0 Å². The maximum atomic E-state index is 8.65. The highest BCUT2D eigenvalue weighted by Gasteiger charge is 1.97. The Morgan fingerprint density at radius 2 is 0.769 bits per heavy atom. The first-order chi connectivity index (χ1) is 12.5. The van der Waals surface area contributed by atoms with Crippen LogP contribution in [0, 0.1) is 0 Å². The van der Waals surface area contributed by atoms with Gasteiger partial charge in [-0.05, 0) is 45.8 Å². The van der Waals surface area contributed by atoms with Gasteiger partial charge in [-0.3, -0.25) is 0 Å². The van der Waals surface area contributed by atoms with E-state index in [4.69, 9.17) is 25.3 Å². The highest BCUT2D eigenvalue weighted by atomic mass is 16.5. The van der Waals surface area contributed by atoms with Gasteiger partial charge in [-0.1, -0.05) is 60.7 Å². The second-order valence-electron chi connectivity index (χ2n) is 5.37. The molecule has 6 heteroatoms. The van der Waals surface area contributed by atoms with E-state index in [2.05, 4.69) is 60.7 Å². The smallest absolute Gasteiger partial charge is 0.508 e. The summed E-state index contributed by atoms with van der Waals surface area (Å²) >= 11 is 0.